The van der Waals surface area contributed by atoms with Crippen molar-refractivity contribution < 1.29 is 4.79 Å². The summed E-state index contributed by atoms with van der Waals surface area (Å²) in [6.07, 6.45) is 2.60. The van der Waals surface area contributed by atoms with Crippen LogP contribution in [0.25, 0.3) is 0 Å². The molecule has 3 nitrogen and oxygen atoms in total. The van der Waals surface area contributed by atoms with Crippen LogP contribution in [0.2, 0.25) is 0 Å². The first-order valence-electron chi connectivity index (χ1n) is 5.10. The van der Waals surface area contributed by atoms with Crippen LogP contribution in [0.3, 0.4) is 0 Å². The molecule has 0 radical (unpaired) electrons. The molecule has 0 aromatic rings. The van der Waals surface area contributed by atoms with E-state index in [-0.39, 0.29) is 11.9 Å². The Morgan fingerprint density at radius 3 is 2.54 bits per heavy atom. The molecule has 0 saturated heterocycles. The van der Waals surface area contributed by atoms with Crippen LogP contribution in [0.4, 0.5) is 0 Å². The Kier molecular flexibility index (Phi) is 6.59. The highest BCUT2D eigenvalue weighted by Crippen LogP contribution is 2.02. The molecule has 0 aromatic heterocycles. The fourth-order valence-corrected chi connectivity index (χ4v) is 0.927. The molecule has 1 unspecified atom stereocenters. The Labute approximate surface area is 81.1 Å². The molecule has 0 saturated carbocycles. The maximum Gasteiger partial charge on any atom is 0.221 e. The molecule has 0 bridgehead atoms. The molecule has 13 heavy (non-hydrogen) atoms. The van der Waals surface area contributed by atoms with E-state index in [0.717, 1.165) is 19.4 Å². The Balaban J connectivity index is 3.50. The zero-order valence-electron chi connectivity index (χ0n) is 8.97. The predicted octanol–water partition coefficient (Wildman–Crippen LogP) is 1.28. The third kappa shape index (κ3) is 6.58. The Morgan fingerprint density at radius 1 is 1.46 bits per heavy atom. The summed E-state index contributed by atoms with van der Waals surface area (Å²) in [5.74, 6) is 0.451. The Morgan fingerprint density at radius 2 is 2.08 bits per heavy atom. The number of rotatable bonds is 6. The van der Waals surface area contributed by atoms with Crippen molar-refractivity contribution in [3.8, 4) is 0 Å². The van der Waals surface area contributed by atoms with E-state index < -0.39 is 0 Å². The van der Waals surface area contributed by atoms with Gasteiger partial charge in [-0.1, -0.05) is 27.2 Å². The van der Waals surface area contributed by atoms with Crippen LogP contribution in [-0.4, -0.2) is 18.5 Å². The first-order chi connectivity index (χ1) is 6.07. The molecule has 0 fully saturated rings. The molecule has 0 rings (SSSR count). The van der Waals surface area contributed by atoms with Gasteiger partial charge in [-0.15, -0.1) is 0 Å². The molecule has 78 valence electrons. The zero-order valence-corrected chi connectivity index (χ0v) is 8.97. The number of carbonyl (C=O) groups is 1. The smallest absolute Gasteiger partial charge is 0.221 e. The van der Waals surface area contributed by atoms with E-state index in [2.05, 4.69) is 12.2 Å². The molecule has 1 atom stereocenters. The average Bonchev–Trinajstić information content (AvgIpc) is 2.04. The van der Waals surface area contributed by atoms with Gasteiger partial charge in [0.2, 0.25) is 5.91 Å². The third-order valence-electron chi connectivity index (χ3n) is 2.13. The van der Waals surface area contributed by atoms with E-state index in [1.165, 1.54) is 0 Å². The van der Waals surface area contributed by atoms with E-state index in [4.69, 9.17) is 5.73 Å². The van der Waals surface area contributed by atoms with Gasteiger partial charge < -0.3 is 11.1 Å². The summed E-state index contributed by atoms with van der Waals surface area (Å²) in [7, 11) is 0. The monoisotopic (exact) mass is 186 g/mol. The molecule has 0 aliphatic rings. The van der Waals surface area contributed by atoms with Gasteiger partial charge >= 0.3 is 0 Å². The van der Waals surface area contributed by atoms with Crippen molar-refractivity contribution in [2.75, 3.05) is 6.54 Å². The number of nitrogens with two attached hydrogens (primary N) is 1. The van der Waals surface area contributed by atoms with E-state index in [1.54, 1.807) is 0 Å². The predicted molar refractivity (Wildman–Crippen MR) is 55.3 cm³/mol. The van der Waals surface area contributed by atoms with Gasteiger partial charge in [0.15, 0.2) is 0 Å². The topological polar surface area (TPSA) is 55.1 Å². The van der Waals surface area contributed by atoms with E-state index in [9.17, 15) is 4.79 Å². The lowest BCUT2D eigenvalue weighted by atomic mass is 10.0. The number of hydrogen-bond donors (Lipinski definition) is 2. The average molecular weight is 186 g/mol. The van der Waals surface area contributed by atoms with Crippen molar-refractivity contribution in [3.63, 3.8) is 0 Å². The lowest BCUT2D eigenvalue weighted by molar-refractivity contribution is -0.121. The molecule has 3 heteroatoms. The van der Waals surface area contributed by atoms with Gasteiger partial charge in [0.05, 0.1) is 0 Å². The van der Waals surface area contributed by atoms with Crippen LogP contribution >= 0.6 is 0 Å². The first-order valence-corrected chi connectivity index (χ1v) is 5.10. The van der Waals surface area contributed by atoms with Crippen LogP contribution in [-0.2, 0) is 4.79 Å². The fourth-order valence-electron chi connectivity index (χ4n) is 0.927. The van der Waals surface area contributed by atoms with Crippen molar-refractivity contribution in [3.05, 3.63) is 0 Å². The fraction of sp³-hybridized carbons (Fsp3) is 0.900. The lowest BCUT2D eigenvalue weighted by Gasteiger charge is -2.14. The molecule has 0 aliphatic carbocycles. The van der Waals surface area contributed by atoms with E-state index in [1.807, 2.05) is 13.8 Å². The molecule has 3 N–H and O–H groups in total. The summed E-state index contributed by atoms with van der Waals surface area (Å²) in [5.41, 5.74) is 5.76. The minimum absolute atomic E-state index is 0.0124. The van der Waals surface area contributed by atoms with Crippen molar-refractivity contribution in [1.82, 2.24) is 5.32 Å². The van der Waals surface area contributed by atoms with Crippen LogP contribution in [0.5, 0.6) is 0 Å². The Bertz CT molecular complexity index is 146. The Hall–Kier alpha value is -0.570. The highest BCUT2D eigenvalue weighted by Gasteiger charge is 2.11. The summed E-state index contributed by atoms with van der Waals surface area (Å²) >= 11 is 0. The van der Waals surface area contributed by atoms with Crippen molar-refractivity contribution in [1.29, 1.82) is 0 Å². The highest BCUT2D eigenvalue weighted by molar-refractivity contribution is 5.76. The van der Waals surface area contributed by atoms with Crippen molar-refractivity contribution >= 4 is 5.91 Å². The first kappa shape index (κ1) is 12.4. The number of nitrogens with one attached hydrogen (secondary N) is 1. The second-order valence-electron chi connectivity index (χ2n) is 3.82. The summed E-state index contributed by atoms with van der Waals surface area (Å²) < 4.78 is 0. The maximum atomic E-state index is 11.2. The molecule has 0 aromatic carbocycles. The van der Waals surface area contributed by atoms with Gasteiger partial charge in [0.25, 0.3) is 0 Å². The largest absolute Gasteiger partial charge is 0.356 e. The van der Waals surface area contributed by atoms with Gasteiger partial charge in [-0.2, -0.15) is 0 Å². The summed E-state index contributed by atoms with van der Waals surface area (Å²) in [6, 6.07) is -0.0124. The van der Waals surface area contributed by atoms with Gasteiger partial charge in [0.1, 0.15) is 0 Å². The molecular formula is C10H22N2O. The van der Waals surface area contributed by atoms with Crippen LogP contribution in [0.1, 0.15) is 40.0 Å². The van der Waals surface area contributed by atoms with E-state index in [0.29, 0.717) is 12.3 Å². The number of amides is 1. The minimum Gasteiger partial charge on any atom is -0.356 e. The minimum atomic E-state index is -0.0124. The van der Waals surface area contributed by atoms with Gasteiger partial charge in [-0.25, -0.2) is 0 Å². The maximum absolute atomic E-state index is 11.2. The quantitative estimate of drug-likeness (QED) is 0.614. The van der Waals surface area contributed by atoms with Crippen LogP contribution in [0.15, 0.2) is 0 Å². The van der Waals surface area contributed by atoms with Crippen LogP contribution < -0.4 is 11.1 Å². The SMILES string of the molecule is CCCCNC(=O)CC(N)C(C)C. The van der Waals surface area contributed by atoms with Crippen molar-refractivity contribution in [2.24, 2.45) is 11.7 Å². The van der Waals surface area contributed by atoms with Gasteiger partial charge in [0, 0.05) is 19.0 Å². The summed E-state index contributed by atoms with van der Waals surface area (Å²) in [4.78, 5) is 11.2. The second kappa shape index (κ2) is 6.89. The molecular weight excluding hydrogens is 164 g/mol. The summed E-state index contributed by atoms with van der Waals surface area (Å²) in [6.45, 7) is 6.94. The third-order valence-corrected chi connectivity index (χ3v) is 2.13. The number of unbranched alkanes of at least 4 members (excludes halogenated alkanes) is 1. The molecule has 0 heterocycles. The number of carbonyl (C=O) groups excluding carboxylic acids is 1. The van der Waals surface area contributed by atoms with Crippen LogP contribution in [0, 0.1) is 5.92 Å². The molecule has 0 aliphatic heterocycles. The van der Waals surface area contributed by atoms with Gasteiger partial charge in [-0.3, -0.25) is 4.79 Å². The summed E-state index contributed by atoms with van der Waals surface area (Å²) in [5, 5.41) is 2.85. The molecule has 0 spiro atoms. The lowest BCUT2D eigenvalue weighted by Crippen LogP contribution is -2.35. The zero-order chi connectivity index (χ0) is 10.3. The van der Waals surface area contributed by atoms with Gasteiger partial charge in [-0.05, 0) is 12.3 Å². The number of hydrogen-bond acceptors (Lipinski definition) is 2. The normalized spacial score (nSPS) is 13.0. The van der Waals surface area contributed by atoms with E-state index >= 15 is 0 Å². The standard InChI is InChI=1S/C10H22N2O/c1-4-5-6-12-10(13)7-9(11)8(2)3/h8-9H,4-7,11H2,1-3H3,(H,12,13). The highest BCUT2D eigenvalue weighted by atomic mass is 16.1. The second-order valence-corrected chi connectivity index (χ2v) is 3.82. The molecule has 1 amide bonds. The van der Waals surface area contributed by atoms with Crippen molar-refractivity contribution in [2.45, 2.75) is 46.1 Å².